The molecule has 0 fully saturated rings. The molecule has 0 aliphatic heterocycles. The average molecular weight is 539 g/mol. The fourth-order valence-electron chi connectivity index (χ4n) is 1.44. The van der Waals surface area contributed by atoms with Gasteiger partial charge in [-0.2, -0.15) is 0 Å². The SMILES string of the molecule is Cl.NCc1ccc(Br)cc1.O=C(O)C=NCc1ccc(Br)cc1.O=CC(=O)O. The molecule has 4 N–H and O–H groups in total. The molecule has 0 unspecified atom stereocenters. The van der Waals surface area contributed by atoms with Crippen molar-refractivity contribution in [2.45, 2.75) is 13.1 Å². The van der Waals surface area contributed by atoms with Crippen LogP contribution < -0.4 is 5.73 Å². The number of nitrogens with zero attached hydrogens (tertiary/aromatic N) is 1. The van der Waals surface area contributed by atoms with Gasteiger partial charge in [-0.05, 0) is 35.4 Å². The summed E-state index contributed by atoms with van der Waals surface area (Å²) >= 11 is 6.64. The number of hydrogen-bond donors (Lipinski definition) is 3. The maximum atomic E-state index is 10.1. The van der Waals surface area contributed by atoms with E-state index in [2.05, 4.69) is 36.9 Å². The van der Waals surface area contributed by atoms with Crippen LogP contribution in [0.2, 0.25) is 0 Å². The highest BCUT2D eigenvalue weighted by Crippen LogP contribution is 2.11. The van der Waals surface area contributed by atoms with E-state index >= 15 is 0 Å². The molecule has 2 aromatic carbocycles. The van der Waals surface area contributed by atoms with Crippen LogP contribution in [0.4, 0.5) is 0 Å². The molecule has 0 bridgehead atoms. The molecular weight excluding hydrogens is 519 g/mol. The van der Waals surface area contributed by atoms with Crippen molar-refractivity contribution < 1.29 is 24.6 Å². The zero-order valence-corrected chi connectivity index (χ0v) is 18.5. The van der Waals surface area contributed by atoms with Gasteiger partial charge < -0.3 is 15.9 Å². The first-order valence-corrected chi connectivity index (χ1v) is 8.96. The second kappa shape index (κ2) is 17.1. The minimum atomic E-state index is -1.43. The highest BCUT2D eigenvalue weighted by atomic mass is 79.9. The third-order valence-electron chi connectivity index (χ3n) is 2.64. The number of aldehydes is 1. The van der Waals surface area contributed by atoms with Crippen molar-refractivity contribution in [3.63, 3.8) is 0 Å². The first kappa shape index (κ1) is 28.1. The van der Waals surface area contributed by atoms with Crippen molar-refractivity contribution in [3.05, 3.63) is 68.6 Å². The fraction of sp³-hybridized carbons (Fsp3) is 0.111. The first-order chi connectivity index (χ1) is 12.8. The standard InChI is InChI=1S/C9H8BrNO2.C7H8BrN.C2H2O3.ClH/c10-8-3-1-7(2-4-8)5-11-6-9(12)13;8-7-3-1-6(5-9)2-4-7;3-1-2(4)5;/h1-4,6H,5H2,(H,12,13);1-4H,5,9H2;1H,(H,4,5);1H. The fourth-order valence-corrected chi connectivity index (χ4v) is 1.97. The molecule has 28 heavy (non-hydrogen) atoms. The molecule has 0 aliphatic carbocycles. The van der Waals surface area contributed by atoms with E-state index in [4.69, 9.17) is 25.5 Å². The first-order valence-electron chi connectivity index (χ1n) is 7.38. The second-order valence-electron chi connectivity index (χ2n) is 4.72. The van der Waals surface area contributed by atoms with Gasteiger partial charge in [0.25, 0.3) is 0 Å². The van der Waals surface area contributed by atoms with Crippen molar-refractivity contribution in [1.82, 2.24) is 0 Å². The molecule has 10 heteroatoms. The highest BCUT2D eigenvalue weighted by Gasteiger charge is 1.91. The van der Waals surface area contributed by atoms with E-state index in [1.807, 2.05) is 48.5 Å². The lowest BCUT2D eigenvalue weighted by Gasteiger charge is -1.95. The predicted molar refractivity (Wildman–Crippen MR) is 117 cm³/mol. The van der Waals surface area contributed by atoms with Crippen LogP contribution in [0.15, 0.2) is 62.5 Å². The van der Waals surface area contributed by atoms with Gasteiger partial charge in [0.05, 0.1) is 6.54 Å². The van der Waals surface area contributed by atoms with Crippen molar-refractivity contribution in [1.29, 1.82) is 0 Å². The molecule has 152 valence electrons. The van der Waals surface area contributed by atoms with Crippen LogP contribution in [0.25, 0.3) is 0 Å². The van der Waals surface area contributed by atoms with E-state index in [0.717, 1.165) is 20.7 Å². The van der Waals surface area contributed by atoms with E-state index in [1.165, 1.54) is 5.56 Å². The van der Waals surface area contributed by atoms with Gasteiger partial charge in [-0.1, -0.05) is 56.1 Å². The van der Waals surface area contributed by atoms with Crippen LogP contribution in [-0.2, 0) is 27.5 Å². The Bertz CT molecular complexity index is 754. The van der Waals surface area contributed by atoms with E-state index in [0.29, 0.717) is 13.1 Å². The highest BCUT2D eigenvalue weighted by molar-refractivity contribution is 9.10. The van der Waals surface area contributed by atoms with Gasteiger partial charge in [0.2, 0.25) is 6.29 Å². The van der Waals surface area contributed by atoms with E-state index in [1.54, 1.807) is 0 Å². The normalized spacial score (nSPS) is 9.11. The zero-order valence-electron chi connectivity index (χ0n) is 14.5. The maximum absolute atomic E-state index is 10.1. The molecule has 0 aromatic heterocycles. The van der Waals surface area contributed by atoms with Gasteiger partial charge in [0.1, 0.15) is 6.21 Å². The Morgan fingerprint density at radius 2 is 1.29 bits per heavy atom. The molecular formula is C18H19Br2ClN2O5. The molecule has 0 saturated carbocycles. The number of carboxylic acid groups (broad SMARTS) is 2. The minimum absolute atomic E-state index is 0. The number of hydrogen-bond acceptors (Lipinski definition) is 5. The van der Waals surface area contributed by atoms with E-state index in [9.17, 15) is 4.79 Å². The number of aliphatic imine (C=N–C) groups is 1. The Morgan fingerprint density at radius 1 is 0.893 bits per heavy atom. The summed E-state index contributed by atoms with van der Waals surface area (Å²) in [6.45, 7) is 1.02. The maximum Gasteiger partial charge on any atom is 0.368 e. The summed E-state index contributed by atoms with van der Waals surface area (Å²) in [6, 6.07) is 15.6. The van der Waals surface area contributed by atoms with Crippen molar-refractivity contribution in [2.75, 3.05) is 0 Å². The molecule has 7 nitrogen and oxygen atoms in total. The van der Waals surface area contributed by atoms with Crippen molar-refractivity contribution in [3.8, 4) is 0 Å². The number of nitrogens with two attached hydrogens (primary N) is 1. The summed E-state index contributed by atoms with van der Waals surface area (Å²) in [5.74, 6) is -2.44. The number of halogens is 3. The topological polar surface area (TPSA) is 130 Å². The lowest BCUT2D eigenvalue weighted by Crippen LogP contribution is -1.95. The lowest BCUT2D eigenvalue weighted by molar-refractivity contribution is -0.143. The Labute approximate surface area is 185 Å². The third kappa shape index (κ3) is 16.1. The molecule has 0 aliphatic rings. The van der Waals surface area contributed by atoms with Crippen molar-refractivity contribution >= 4 is 68.7 Å². The number of benzene rings is 2. The molecule has 0 saturated heterocycles. The molecule has 0 spiro atoms. The minimum Gasteiger partial charge on any atom is -0.477 e. The van der Waals surface area contributed by atoms with Crippen LogP contribution in [-0.4, -0.2) is 34.7 Å². The lowest BCUT2D eigenvalue weighted by atomic mass is 10.2. The van der Waals surface area contributed by atoms with Gasteiger partial charge >= 0.3 is 11.9 Å². The number of carboxylic acids is 2. The molecule has 0 atom stereocenters. The number of rotatable bonds is 5. The van der Waals surface area contributed by atoms with E-state index < -0.39 is 11.9 Å². The van der Waals surface area contributed by atoms with Gasteiger partial charge in [-0.25, -0.2) is 9.59 Å². The molecule has 0 amide bonds. The number of aliphatic carboxylic acids is 2. The van der Waals surface area contributed by atoms with Gasteiger partial charge in [0, 0.05) is 15.5 Å². The van der Waals surface area contributed by atoms with Crippen LogP contribution in [0, 0.1) is 0 Å². The van der Waals surface area contributed by atoms with Gasteiger partial charge in [-0.3, -0.25) is 9.79 Å². The molecule has 2 aromatic rings. The molecule has 0 radical (unpaired) electrons. The van der Waals surface area contributed by atoms with E-state index in [-0.39, 0.29) is 18.7 Å². The summed E-state index contributed by atoms with van der Waals surface area (Å²) in [4.78, 5) is 31.7. The Balaban J connectivity index is 0. The van der Waals surface area contributed by atoms with Crippen LogP contribution in [0.3, 0.4) is 0 Å². The van der Waals surface area contributed by atoms with Crippen molar-refractivity contribution in [2.24, 2.45) is 10.7 Å². The molecule has 0 heterocycles. The predicted octanol–water partition coefficient (Wildman–Crippen LogP) is 3.70. The van der Waals surface area contributed by atoms with Gasteiger partial charge in [-0.15, -0.1) is 12.4 Å². The van der Waals surface area contributed by atoms with Crippen LogP contribution in [0.1, 0.15) is 11.1 Å². The Hall–Kier alpha value is -2.07. The summed E-state index contributed by atoms with van der Waals surface area (Å²) in [7, 11) is 0. The third-order valence-corrected chi connectivity index (χ3v) is 3.70. The van der Waals surface area contributed by atoms with Crippen LogP contribution >= 0.6 is 44.3 Å². The van der Waals surface area contributed by atoms with Gasteiger partial charge in [0.15, 0.2) is 0 Å². The Morgan fingerprint density at radius 3 is 1.61 bits per heavy atom. The largest absolute Gasteiger partial charge is 0.477 e. The summed E-state index contributed by atoms with van der Waals surface area (Å²) in [5, 5.41) is 15.6. The van der Waals surface area contributed by atoms with Crippen LogP contribution in [0.5, 0.6) is 0 Å². The smallest absolute Gasteiger partial charge is 0.368 e. The number of carbonyl (C=O) groups excluding carboxylic acids is 1. The monoisotopic (exact) mass is 536 g/mol. The quantitative estimate of drug-likeness (QED) is 0.302. The summed E-state index contributed by atoms with van der Waals surface area (Å²) in [6.07, 6.45) is 0.738. The summed E-state index contributed by atoms with van der Waals surface area (Å²) < 4.78 is 2.10. The average Bonchev–Trinajstić information content (AvgIpc) is 2.65. The summed E-state index contributed by atoms with van der Waals surface area (Å²) in [5.41, 5.74) is 7.54. The zero-order chi connectivity index (χ0) is 20.7. The number of carbonyl (C=O) groups is 3. The Kier molecular flexibility index (Phi) is 17.1. The second-order valence-corrected chi connectivity index (χ2v) is 6.55. The molecule has 2 rings (SSSR count).